The second-order valence-corrected chi connectivity index (χ2v) is 11.8. The number of hydrogen-bond donors (Lipinski definition) is 0. The van der Waals surface area contributed by atoms with E-state index >= 15 is 0 Å². The number of benzene rings is 8. The minimum absolute atomic E-state index is 0.0923. The normalized spacial score (nSPS) is 12.5. The fourth-order valence-corrected chi connectivity index (χ4v) is 6.79. The van der Waals surface area contributed by atoms with Crippen molar-refractivity contribution in [2.45, 2.75) is 0 Å². The molecule has 2 nitrogen and oxygen atoms in total. The first-order valence-electron chi connectivity index (χ1n) is 18.0. The summed E-state index contributed by atoms with van der Waals surface area (Å²) in [5.41, 5.74) is 8.76. The summed E-state index contributed by atoms with van der Waals surface area (Å²) in [6.45, 7) is 0. The van der Waals surface area contributed by atoms with Gasteiger partial charge < -0.3 is 9.32 Å². The summed E-state index contributed by atoms with van der Waals surface area (Å²) in [5, 5.41) is 4.37. The molecule has 9 rings (SSSR count). The van der Waals surface area contributed by atoms with Gasteiger partial charge in [-0.1, -0.05) is 146 Å². The van der Waals surface area contributed by atoms with Gasteiger partial charge in [0, 0.05) is 27.7 Å². The van der Waals surface area contributed by atoms with Gasteiger partial charge in [-0.3, -0.25) is 0 Å². The van der Waals surface area contributed by atoms with Crippen LogP contribution < -0.4 is 4.90 Å². The molecule has 0 bridgehead atoms. The fourth-order valence-electron chi connectivity index (χ4n) is 6.79. The maximum absolute atomic E-state index is 9.37. The van der Waals surface area contributed by atoms with E-state index in [-0.39, 0.29) is 24.2 Å². The van der Waals surface area contributed by atoms with Gasteiger partial charge in [0.1, 0.15) is 11.2 Å². The van der Waals surface area contributed by atoms with Crippen LogP contribution in [0.5, 0.6) is 0 Å². The second-order valence-electron chi connectivity index (χ2n) is 11.8. The topological polar surface area (TPSA) is 16.4 Å². The van der Waals surface area contributed by atoms with Gasteiger partial charge in [0.25, 0.3) is 0 Å². The van der Waals surface area contributed by atoms with Crippen LogP contribution in [0.15, 0.2) is 192 Å². The smallest absolute Gasteiger partial charge is 0.136 e. The van der Waals surface area contributed by atoms with Gasteiger partial charge in [0.2, 0.25) is 0 Å². The molecule has 0 aliphatic carbocycles. The number of rotatable bonds is 6. The predicted octanol–water partition coefficient (Wildman–Crippen LogP) is 13.2. The Labute approximate surface area is 285 Å². The van der Waals surface area contributed by atoms with Crippen LogP contribution >= 0.6 is 0 Å². The highest BCUT2D eigenvalue weighted by atomic mass is 16.3. The highest BCUT2D eigenvalue weighted by Gasteiger charge is 2.19. The average molecular weight is 618 g/mol. The van der Waals surface area contributed by atoms with E-state index in [1.807, 2.05) is 95.9 Å². The van der Waals surface area contributed by atoms with Gasteiger partial charge in [0.15, 0.2) is 0 Å². The van der Waals surface area contributed by atoms with Gasteiger partial charge in [-0.15, -0.1) is 0 Å². The van der Waals surface area contributed by atoms with Gasteiger partial charge in [-0.25, -0.2) is 0 Å². The van der Waals surface area contributed by atoms with E-state index < -0.39 is 0 Å². The van der Waals surface area contributed by atoms with Crippen molar-refractivity contribution < 1.29 is 9.90 Å². The molecule has 0 aliphatic rings. The number of para-hydroxylation sites is 2. The molecule has 1 heterocycles. The predicted molar refractivity (Wildman–Crippen MR) is 202 cm³/mol. The van der Waals surface area contributed by atoms with Crippen LogP contribution in [0.4, 0.5) is 17.1 Å². The van der Waals surface area contributed by atoms with Crippen LogP contribution in [0, 0.1) is 0 Å². The molecular weight excluding hydrogens is 583 g/mol. The Morgan fingerprint density at radius 3 is 1.98 bits per heavy atom. The zero-order chi connectivity index (χ0) is 35.3. The van der Waals surface area contributed by atoms with E-state index in [1.54, 1.807) is 0 Å². The van der Waals surface area contributed by atoms with Crippen molar-refractivity contribution in [2.75, 3.05) is 4.90 Å². The molecule has 0 amide bonds. The van der Waals surface area contributed by atoms with Crippen LogP contribution in [-0.2, 0) is 0 Å². The third kappa shape index (κ3) is 4.83. The van der Waals surface area contributed by atoms with Crippen LogP contribution in [0.3, 0.4) is 0 Å². The molecule has 1 aromatic heterocycles. The number of hydrogen-bond acceptors (Lipinski definition) is 2. The lowest BCUT2D eigenvalue weighted by molar-refractivity contribution is 0.669. The van der Waals surface area contributed by atoms with Gasteiger partial charge in [-0.2, -0.15) is 0 Å². The van der Waals surface area contributed by atoms with E-state index in [4.69, 9.17) is 8.53 Å². The van der Waals surface area contributed by atoms with Crippen molar-refractivity contribution in [3.8, 4) is 33.4 Å². The lowest BCUT2D eigenvalue weighted by Crippen LogP contribution is -2.11. The number of fused-ring (bicyclic) bond motifs is 4. The van der Waals surface area contributed by atoms with Gasteiger partial charge >= 0.3 is 0 Å². The monoisotopic (exact) mass is 617 g/mol. The largest absolute Gasteiger partial charge is 0.456 e. The zero-order valence-corrected chi connectivity index (χ0v) is 25.9. The van der Waals surface area contributed by atoms with Crippen LogP contribution in [0.25, 0.3) is 66.1 Å². The molecule has 0 N–H and O–H groups in total. The Hall–Kier alpha value is -6.38. The Balaban J connectivity index is 1.29. The van der Waals surface area contributed by atoms with Crippen LogP contribution in [-0.4, -0.2) is 0 Å². The molecule has 0 aliphatic heterocycles. The molecule has 0 radical (unpaired) electrons. The minimum atomic E-state index is -0.289. The molecule has 0 spiro atoms. The summed E-state index contributed by atoms with van der Waals surface area (Å²) in [5.74, 6) is 0. The SMILES string of the molecule is [2H]c1c([2H])c([2H])c(N(c2ccc(-c3cccc4ccccc34)cc2)c2cccc(-c3cccc4oc5ccccc5c34)c2)c(-c2ccccc2)c1[2H]. The molecule has 0 saturated carbocycles. The molecule has 0 fully saturated rings. The zero-order valence-electron chi connectivity index (χ0n) is 29.9. The van der Waals surface area contributed by atoms with Crippen molar-refractivity contribution in [1.82, 2.24) is 0 Å². The maximum Gasteiger partial charge on any atom is 0.136 e. The Kier molecular flexibility index (Phi) is 5.85. The van der Waals surface area contributed by atoms with Crippen molar-refractivity contribution in [1.29, 1.82) is 0 Å². The molecule has 2 heteroatoms. The molecule has 48 heavy (non-hydrogen) atoms. The number of anilines is 3. The summed E-state index contributed by atoms with van der Waals surface area (Å²) < 4.78 is 42.2. The third-order valence-corrected chi connectivity index (χ3v) is 9.00. The lowest BCUT2D eigenvalue weighted by Gasteiger charge is -2.28. The minimum Gasteiger partial charge on any atom is -0.456 e. The Morgan fingerprint density at radius 1 is 0.438 bits per heavy atom. The second kappa shape index (κ2) is 11.8. The molecule has 8 aromatic carbocycles. The van der Waals surface area contributed by atoms with E-state index in [9.17, 15) is 1.37 Å². The first-order valence-corrected chi connectivity index (χ1v) is 16.0. The molecule has 226 valence electrons. The highest BCUT2D eigenvalue weighted by Crippen LogP contribution is 2.44. The van der Waals surface area contributed by atoms with E-state index in [1.165, 1.54) is 0 Å². The van der Waals surface area contributed by atoms with Gasteiger partial charge in [0.05, 0.1) is 11.2 Å². The Morgan fingerprint density at radius 2 is 1.08 bits per heavy atom. The quantitative estimate of drug-likeness (QED) is 0.185. The van der Waals surface area contributed by atoms with Gasteiger partial charge in [-0.05, 0) is 81.0 Å². The highest BCUT2D eigenvalue weighted by molar-refractivity contribution is 6.12. The number of nitrogens with zero attached hydrogens (tertiary/aromatic N) is 1. The summed E-state index contributed by atoms with van der Waals surface area (Å²) in [7, 11) is 0. The first kappa shape index (κ1) is 23.9. The van der Waals surface area contributed by atoms with E-state index in [0.717, 1.165) is 66.3 Å². The van der Waals surface area contributed by atoms with Crippen molar-refractivity contribution in [3.63, 3.8) is 0 Å². The third-order valence-electron chi connectivity index (χ3n) is 9.00. The summed E-state index contributed by atoms with van der Waals surface area (Å²) in [4.78, 5) is 1.96. The Bertz CT molecular complexity index is 2790. The molecular formula is C46H31NO. The average Bonchev–Trinajstić information content (AvgIpc) is 3.59. The molecule has 0 unspecified atom stereocenters. The number of furan rings is 1. The molecule has 9 aromatic rings. The lowest BCUT2D eigenvalue weighted by atomic mass is 9.97. The van der Waals surface area contributed by atoms with Crippen molar-refractivity contribution in [2.24, 2.45) is 0 Å². The van der Waals surface area contributed by atoms with E-state index in [2.05, 4.69) is 72.8 Å². The maximum atomic E-state index is 9.37. The first-order chi connectivity index (χ1) is 25.5. The van der Waals surface area contributed by atoms with Crippen LogP contribution in [0.2, 0.25) is 0 Å². The van der Waals surface area contributed by atoms with Crippen molar-refractivity contribution in [3.05, 3.63) is 188 Å². The van der Waals surface area contributed by atoms with E-state index in [0.29, 0.717) is 16.8 Å². The van der Waals surface area contributed by atoms with Crippen LogP contribution in [0.1, 0.15) is 5.48 Å². The van der Waals surface area contributed by atoms with Crippen molar-refractivity contribution >= 4 is 49.8 Å². The summed E-state index contributed by atoms with van der Waals surface area (Å²) in [6, 6.07) is 53.8. The molecule has 0 saturated heterocycles. The fraction of sp³-hybridized carbons (Fsp3) is 0. The molecule has 0 atom stereocenters. The summed E-state index contributed by atoms with van der Waals surface area (Å²) in [6.07, 6.45) is 0. The standard InChI is InChI=1S/C46H31NO/c1-2-13-33(14-3-1)40-20-6-8-24-43(40)47(36-29-27-34(28-30-36)39-22-11-16-32-15-4-5-19-38(32)39)37-18-10-17-35(31-37)41-23-12-26-45-46(41)42-21-7-9-25-44(42)48-45/h1-31H/i6D,8D,20D,24D. The summed E-state index contributed by atoms with van der Waals surface area (Å²) >= 11 is 0.